The number of morpholine rings is 1. The van der Waals surface area contributed by atoms with Crippen LogP contribution in [0.2, 0.25) is 0 Å². The van der Waals surface area contributed by atoms with Crippen molar-refractivity contribution in [3.8, 4) is 5.75 Å². The Morgan fingerprint density at radius 3 is 2.80 bits per heavy atom. The fraction of sp³-hybridized carbons (Fsp3) is 0.500. The summed E-state index contributed by atoms with van der Waals surface area (Å²) in [5.74, 6) is 0.268. The molecule has 8 heteroatoms. The fourth-order valence-electron chi connectivity index (χ4n) is 2.11. The molecule has 0 spiro atoms. The number of nitrogens with two attached hydrogens (primary N) is 1. The first-order valence-corrected chi connectivity index (χ1v) is 8.34. The highest BCUT2D eigenvalue weighted by Crippen LogP contribution is 2.34. The summed E-state index contributed by atoms with van der Waals surface area (Å²) in [5.41, 5.74) is 6.15. The third-order valence-corrected chi connectivity index (χ3v) is 5.90. The minimum atomic E-state index is -3.67. The Balaban J connectivity index is 2.51. The van der Waals surface area contributed by atoms with Crippen molar-refractivity contribution in [3.63, 3.8) is 0 Å². The molecule has 1 aliphatic heterocycles. The number of rotatable bonds is 3. The molecule has 0 bridgehead atoms. The van der Waals surface area contributed by atoms with Crippen molar-refractivity contribution >= 4 is 31.6 Å². The zero-order valence-corrected chi connectivity index (χ0v) is 13.7. The van der Waals surface area contributed by atoms with Crippen LogP contribution in [0.15, 0.2) is 21.5 Å². The van der Waals surface area contributed by atoms with Gasteiger partial charge in [0.25, 0.3) is 0 Å². The van der Waals surface area contributed by atoms with Gasteiger partial charge in [0.2, 0.25) is 10.0 Å². The standard InChI is InChI=1S/C12H17BrN2O4S/c1-8-7-19-4-3-15(8)20(16,17)12-6-10(14)9(13)5-11(12)18-2/h5-6,8H,3-4,7,14H2,1-2H3. The lowest BCUT2D eigenvalue weighted by Crippen LogP contribution is -2.47. The number of hydrogen-bond acceptors (Lipinski definition) is 5. The number of nitrogen functional groups attached to an aromatic ring is 1. The van der Waals surface area contributed by atoms with Gasteiger partial charge in [-0.25, -0.2) is 8.42 Å². The van der Waals surface area contributed by atoms with Gasteiger partial charge in [-0.1, -0.05) is 0 Å². The summed E-state index contributed by atoms with van der Waals surface area (Å²) in [6.07, 6.45) is 0. The first-order valence-electron chi connectivity index (χ1n) is 6.10. The topological polar surface area (TPSA) is 81.9 Å². The molecule has 2 rings (SSSR count). The van der Waals surface area contributed by atoms with E-state index in [1.807, 2.05) is 6.92 Å². The molecule has 1 unspecified atom stereocenters. The monoisotopic (exact) mass is 364 g/mol. The van der Waals surface area contributed by atoms with Gasteiger partial charge >= 0.3 is 0 Å². The molecule has 20 heavy (non-hydrogen) atoms. The number of sulfonamides is 1. The summed E-state index contributed by atoms with van der Waals surface area (Å²) in [5, 5.41) is 0. The minimum absolute atomic E-state index is 0.0782. The molecule has 1 fully saturated rings. The molecule has 6 nitrogen and oxygen atoms in total. The number of ether oxygens (including phenoxy) is 2. The SMILES string of the molecule is COc1cc(Br)c(N)cc1S(=O)(=O)N1CCOCC1C. The zero-order valence-electron chi connectivity index (χ0n) is 11.3. The van der Waals surface area contributed by atoms with E-state index in [2.05, 4.69) is 15.9 Å². The third-order valence-electron chi connectivity index (χ3n) is 3.18. The molecule has 0 saturated carbocycles. The summed E-state index contributed by atoms with van der Waals surface area (Å²) < 4.78 is 38.0. The maximum absolute atomic E-state index is 12.8. The predicted octanol–water partition coefficient (Wildman–Crippen LogP) is 1.45. The van der Waals surface area contributed by atoms with Crippen LogP contribution in [-0.2, 0) is 14.8 Å². The Morgan fingerprint density at radius 2 is 2.20 bits per heavy atom. The van der Waals surface area contributed by atoms with E-state index in [4.69, 9.17) is 15.2 Å². The van der Waals surface area contributed by atoms with E-state index in [0.29, 0.717) is 29.9 Å². The van der Waals surface area contributed by atoms with Crippen molar-refractivity contribution in [3.05, 3.63) is 16.6 Å². The van der Waals surface area contributed by atoms with Crippen molar-refractivity contribution in [1.82, 2.24) is 4.31 Å². The number of halogens is 1. The molecule has 0 amide bonds. The van der Waals surface area contributed by atoms with Crippen LogP contribution in [0.3, 0.4) is 0 Å². The lowest BCUT2D eigenvalue weighted by molar-refractivity contribution is 0.0392. The van der Waals surface area contributed by atoms with E-state index in [1.165, 1.54) is 17.5 Å². The molecular formula is C12H17BrN2O4S. The number of anilines is 1. The molecule has 1 atom stereocenters. The van der Waals surface area contributed by atoms with Gasteiger partial charge in [0.05, 0.1) is 20.3 Å². The lowest BCUT2D eigenvalue weighted by atomic mass is 10.3. The Labute approximate surface area is 127 Å². The maximum atomic E-state index is 12.8. The molecule has 0 radical (unpaired) electrons. The summed E-state index contributed by atoms with van der Waals surface area (Å²) >= 11 is 3.26. The van der Waals surface area contributed by atoms with Crippen LogP contribution in [0, 0.1) is 0 Å². The quantitative estimate of drug-likeness (QED) is 0.820. The Morgan fingerprint density at radius 1 is 1.50 bits per heavy atom. The van der Waals surface area contributed by atoms with Crippen LogP contribution in [0.4, 0.5) is 5.69 Å². The summed E-state index contributed by atoms with van der Waals surface area (Å²) in [6.45, 7) is 2.90. The molecular weight excluding hydrogens is 348 g/mol. The molecule has 0 aliphatic carbocycles. The van der Waals surface area contributed by atoms with Gasteiger partial charge in [0.1, 0.15) is 10.6 Å². The Kier molecular flexibility index (Phi) is 4.58. The van der Waals surface area contributed by atoms with Crippen LogP contribution >= 0.6 is 15.9 Å². The van der Waals surface area contributed by atoms with Gasteiger partial charge in [0.15, 0.2) is 0 Å². The number of benzene rings is 1. The first-order chi connectivity index (χ1) is 9.37. The fourth-order valence-corrected chi connectivity index (χ4v) is 4.20. The molecule has 112 valence electrons. The van der Waals surface area contributed by atoms with Crippen molar-refractivity contribution in [2.45, 2.75) is 17.9 Å². The van der Waals surface area contributed by atoms with Gasteiger partial charge in [-0.3, -0.25) is 0 Å². The van der Waals surface area contributed by atoms with Crippen LogP contribution in [0.1, 0.15) is 6.92 Å². The number of hydrogen-bond donors (Lipinski definition) is 1. The Bertz CT molecular complexity index is 606. The van der Waals surface area contributed by atoms with E-state index in [1.54, 1.807) is 6.07 Å². The second-order valence-corrected chi connectivity index (χ2v) is 7.28. The smallest absolute Gasteiger partial charge is 0.247 e. The number of nitrogens with zero attached hydrogens (tertiary/aromatic N) is 1. The average molecular weight is 365 g/mol. The highest BCUT2D eigenvalue weighted by molar-refractivity contribution is 9.10. The van der Waals surface area contributed by atoms with Gasteiger partial charge in [-0.15, -0.1) is 0 Å². The van der Waals surface area contributed by atoms with Gasteiger partial charge in [-0.05, 0) is 35.0 Å². The van der Waals surface area contributed by atoms with Gasteiger partial charge in [-0.2, -0.15) is 4.31 Å². The molecule has 0 aromatic heterocycles. The van der Waals surface area contributed by atoms with E-state index in [0.717, 1.165) is 0 Å². The van der Waals surface area contributed by atoms with Crippen molar-refractivity contribution < 1.29 is 17.9 Å². The van der Waals surface area contributed by atoms with E-state index >= 15 is 0 Å². The molecule has 1 aromatic carbocycles. The summed E-state index contributed by atoms with van der Waals surface area (Å²) in [6, 6.07) is 2.76. The van der Waals surface area contributed by atoms with Crippen LogP contribution in [0.5, 0.6) is 5.75 Å². The Hall–Kier alpha value is -0.830. The zero-order chi connectivity index (χ0) is 14.9. The van der Waals surface area contributed by atoms with Crippen molar-refractivity contribution in [2.75, 3.05) is 32.6 Å². The largest absolute Gasteiger partial charge is 0.495 e. The summed E-state index contributed by atoms with van der Waals surface area (Å²) in [4.78, 5) is 0.0782. The molecule has 1 heterocycles. The van der Waals surface area contributed by atoms with Gasteiger partial charge < -0.3 is 15.2 Å². The molecule has 1 aliphatic rings. The van der Waals surface area contributed by atoms with Crippen LogP contribution in [-0.4, -0.2) is 45.6 Å². The first kappa shape index (κ1) is 15.6. The normalized spacial score (nSPS) is 20.9. The second-order valence-electron chi connectivity index (χ2n) is 4.56. The average Bonchev–Trinajstić information content (AvgIpc) is 2.41. The van der Waals surface area contributed by atoms with E-state index in [-0.39, 0.29) is 16.7 Å². The summed E-state index contributed by atoms with van der Waals surface area (Å²) in [7, 11) is -2.24. The highest BCUT2D eigenvalue weighted by Gasteiger charge is 2.34. The maximum Gasteiger partial charge on any atom is 0.247 e. The lowest BCUT2D eigenvalue weighted by Gasteiger charge is -2.32. The third kappa shape index (κ3) is 2.78. The second kappa shape index (κ2) is 5.88. The van der Waals surface area contributed by atoms with Crippen molar-refractivity contribution in [1.29, 1.82) is 0 Å². The minimum Gasteiger partial charge on any atom is -0.495 e. The molecule has 2 N–H and O–H groups in total. The van der Waals surface area contributed by atoms with E-state index < -0.39 is 10.0 Å². The van der Waals surface area contributed by atoms with Gasteiger partial charge in [0, 0.05) is 22.7 Å². The van der Waals surface area contributed by atoms with Crippen LogP contribution < -0.4 is 10.5 Å². The highest BCUT2D eigenvalue weighted by atomic mass is 79.9. The molecule has 1 aromatic rings. The van der Waals surface area contributed by atoms with Crippen LogP contribution in [0.25, 0.3) is 0 Å². The molecule has 1 saturated heterocycles. The number of methoxy groups -OCH3 is 1. The predicted molar refractivity (Wildman–Crippen MR) is 79.3 cm³/mol. The van der Waals surface area contributed by atoms with Crippen molar-refractivity contribution in [2.24, 2.45) is 0 Å². The van der Waals surface area contributed by atoms with E-state index in [9.17, 15) is 8.42 Å².